The van der Waals surface area contributed by atoms with Crippen LogP contribution in [0, 0.1) is 5.92 Å². The Hall–Kier alpha value is -0.920. The normalized spacial score (nSPS) is 15.9. The van der Waals surface area contributed by atoms with Crippen molar-refractivity contribution in [3.05, 3.63) is 29.8 Å². The molecule has 1 amide bonds. The highest BCUT2D eigenvalue weighted by molar-refractivity contribution is 8.00. The van der Waals surface area contributed by atoms with Gasteiger partial charge in [0.05, 0.1) is 11.3 Å². The standard InChI is InChI=1S/C16H21F3N2OS.ClH/c1-20-10-12-5-7-21(8-6-12)15(22)11-23-14-4-2-3-13(9-14)16(17,18)19;/h2-4,9,12,20H,5-8,10-11H2,1H3;1H. The molecule has 0 radical (unpaired) electrons. The molecule has 0 aliphatic carbocycles. The molecule has 1 aliphatic rings. The summed E-state index contributed by atoms with van der Waals surface area (Å²) in [5, 5.41) is 3.15. The molecule has 0 unspecified atom stereocenters. The van der Waals surface area contributed by atoms with Crippen LogP contribution in [-0.2, 0) is 11.0 Å². The summed E-state index contributed by atoms with van der Waals surface area (Å²) in [6.07, 6.45) is -2.41. The van der Waals surface area contributed by atoms with Gasteiger partial charge in [-0.25, -0.2) is 0 Å². The van der Waals surface area contributed by atoms with E-state index in [0.717, 1.165) is 56.4 Å². The Morgan fingerprint density at radius 1 is 1.33 bits per heavy atom. The number of benzene rings is 1. The smallest absolute Gasteiger partial charge is 0.342 e. The van der Waals surface area contributed by atoms with E-state index in [0.29, 0.717) is 10.8 Å². The Labute approximate surface area is 150 Å². The molecule has 1 N–H and O–H groups in total. The summed E-state index contributed by atoms with van der Waals surface area (Å²) in [6, 6.07) is 5.11. The minimum Gasteiger partial charge on any atom is -0.342 e. The predicted molar refractivity (Wildman–Crippen MR) is 92.6 cm³/mol. The molecule has 0 atom stereocenters. The van der Waals surface area contributed by atoms with Crippen LogP contribution in [0.25, 0.3) is 0 Å². The molecule has 24 heavy (non-hydrogen) atoms. The first kappa shape index (κ1) is 21.1. The summed E-state index contributed by atoms with van der Waals surface area (Å²) in [7, 11) is 1.92. The average molecular weight is 383 g/mol. The third-order valence-corrected chi connectivity index (χ3v) is 4.96. The monoisotopic (exact) mass is 382 g/mol. The van der Waals surface area contributed by atoms with Gasteiger partial charge in [-0.3, -0.25) is 4.79 Å². The van der Waals surface area contributed by atoms with Crippen molar-refractivity contribution in [3.63, 3.8) is 0 Å². The van der Waals surface area contributed by atoms with Crippen LogP contribution in [0.5, 0.6) is 0 Å². The van der Waals surface area contributed by atoms with E-state index in [1.54, 1.807) is 6.07 Å². The van der Waals surface area contributed by atoms with Crippen molar-refractivity contribution >= 4 is 30.1 Å². The molecule has 0 aromatic heterocycles. The fourth-order valence-electron chi connectivity index (χ4n) is 2.67. The van der Waals surface area contributed by atoms with Gasteiger partial charge in [0.25, 0.3) is 0 Å². The van der Waals surface area contributed by atoms with Crippen LogP contribution in [0.4, 0.5) is 13.2 Å². The zero-order chi connectivity index (χ0) is 16.9. The molecule has 2 rings (SSSR count). The summed E-state index contributed by atoms with van der Waals surface area (Å²) in [5.74, 6) is 0.772. The van der Waals surface area contributed by atoms with Crippen molar-refractivity contribution in [2.24, 2.45) is 5.92 Å². The SMILES string of the molecule is CNCC1CCN(C(=O)CSc2cccc(C(F)(F)F)c2)CC1.Cl. The number of halogens is 4. The molecule has 8 heteroatoms. The molecular formula is C16H22ClF3N2OS. The van der Waals surface area contributed by atoms with E-state index < -0.39 is 11.7 Å². The third kappa shape index (κ3) is 6.18. The van der Waals surface area contributed by atoms with Crippen molar-refractivity contribution < 1.29 is 18.0 Å². The number of alkyl halides is 3. The number of thioether (sulfide) groups is 1. The van der Waals surface area contributed by atoms with Crippen LogP contribution in [0.15, 0.2) is 29.2 Å². The molecule has 1 heterocycles. The first-order valence-electron chi connectivity index (χ1n) is 7.62. The van der Waals surface area contributed by atoms with Crippen molar-refractivity contribution in [3.8, 4) is 0 Å². The van der Waals surface area contributed by atoms with Gasteiger partial charge in [-0.05, 0) is 50.6 Å². The molecule has 0 saturated carbocycles. The number of nitrogens with one attached hydrogen (secondary N) is 1. The molecule has 1 saturated heterocycles. The van der Waals surface area contributed by atoms with Gasteiger partial charge in [0.15, 0.2) is 0 Å². The molecule has 136 valence electrons. The maximum atomic E-state index is 12.7. The van der Waals surface area contributed by atoms with Gasteiger partial charge in [0, 0.05) is 18.0 Å². The van der Waals surface area contributed by atoms with Gasteiger partial charge < -0.3 is 10.2 Å². The van der Waals surface area contributed by atoms with Gasteiger partial charge in [-0.2, -0.15) is 13.2 Å². The van der Waals surface area contributed by atoms with Crippen molar-refractivity contribution in [1.29, 1.82) is 0 Å². The lowest BCUT2D eigenvalue weighted by Crippen LogP contribution is -2.41. The Balaban J connectivity index is 0.00000288. The lowest BCUT2D eigenvalue weighted by Gasteiger charge is -2.32. The Morgan fingerprint density at radius 2 is 2.00 bits per heavy atom. The van der Waals surface area contributed by atoms with E-state index in [1.165, 1.54) is 6.07 Å². The Bertz CT molecular complexity index is 534. The van der Waals surface area contributed by atoms with Crippen molar-refractivity contribution in [2.75, 3.05) is 32.4 Å². The average Bonchev–Trinajstić information content (AvgIpc) is 2.53. The summed E-state index contributed by atoms with van der Waals surface area (Å²) >= 11 is 1.16. The van der Waals surface area contributed by atoms with Gasteiger partial charge in [-0.1, -0.05) is 6.07 Å². The molecule has 1 fully saturated rings. The van der Waals surface area contributed by atoms with Gasteiger partial charge in [0.1, 0.15) is 0 Å². The number of rotatable bonds is 5. The number of nitrogens with zero attached hydrogens (tertiary/aromatic N) is 1. The molecule has 0 spiro atoms. The summed E-state index contributed by atoms with van der Waals surface area (Å²) in [5.41, 5.74) is -0.678. The number of amides is 1. The molecular weight excluding hydrogens is 361 g/mol. The van der Waals surface area contributed by atoms with Crippen LogP contribution in [0.1, 0.15) is 18.4 Å². The topological polar surface area (TPSA) is 32.3 Å². The lowest BCUT2D eigenvalue weighted by atomic mass is 9.97. The molecule has 1 aliphatic heterocycles. The van der Waals surface area contributed by atoms with Crippen LogP contribution in [0.2, 0.25) is 0 Å². The fraction of sp³-hybridized carbons (Fsp3) is 0.562. The van der Waals surface area contributed by atoms with Crippen LogP contribution in [0.3, 0.4) is 0 Å². The first-order valence-corrected chi connectivity index (χ1v) is 8.61. The Morgan fingerprint density at radius 3 is 2.58 bits per heavy atom. The van der Waals surface area contributed by atoms with Gasteiger partial charge >= 0.3 is 6.18 Å². The summed E-state index contributed by atoms with van der Waals surface area (Å²) in [4.78, 5) is 14.5. The second kappa shape index (κ2) is 9.53. The number of piperidine rings is 1. The summed E-state index contributed by atoms with van der Waals surface area (Å²) in [6.45, 7) is 2.42. The van der Waals surface area contributed by atoms with Gasteiger partial charge in [0.2, 0.25) is 5.91 Å². The third-order valence-electron chi connectivity index (χ3n) is 3.98. The van der Waals surface area contributed by atoms with E-state index in [4.69, 9.17) is 0 Å². The van der Waals surface area contributed by atoms with Crippen LogP contribution in [-0.4, -0.2) is 43.2 Å². The van der Waals surface area contributed by atoms with Crippen LogP contribution >= 0.6 is 24.2 Å². The molecule has 1 aromatic carbocycles. The largest absolute Gasteiger partial charge is 0.416 e. The van der Waals surface area contributed by atoms with E-state index in [-0.39, 0.29) is 24.1 Å². The second-order valence-corrected chi connectivity index (χ2v) is 6.74. The second-order valence-electron chi connectivity index (χ2n) is 5.70. The summed E-state index contributed by atoms with van der Waals surface area (Å²) < 4.78 is 38.0. The highest BCUT2D eigenvalue weighted by atomic mass is 35.5. The number of hydrogen-bond acceptors (Lipinski definition) is 3. The van der Waals surface area contributed by atoms with Gasteiger partial charge in [-0.15, -0.1) is 24.2 Å². The van der Waals surface area contributed by atoms with E-state index in [9.17, 15) is 18.0 Å². The number of carbonyl (C=O) groups excluding carboxylic acids is 1. The maximum Gasteiger partial charge on any atom is 0.416 e. The van der Waals surface area contributed by atoms with Crippen LogP contribution < -0.4 is 5.32 Å². The minimum atomic E-state index is -4.35. The molecule has 3 nitrogen and oxygen atoms in total. The van der Waals surface area contributed by atoms with Crippen molar-refractivity contribution in [1.82, 2.24) is 10.2 Å². The quantitative estimate of drug-likeness (QED) is 0.788. The lowest BCUT2D eigenvalue weighted by molar-refractivity contribution is -0.137. The zero-order valence-corrected chi connectivity index (χ0v) is 15.1. The van der Waals surface area contributed by atoms with E-state index in [1.807, 2.05) is 11.9 Å². The molecule has 1 aromatic rings. The number of carbonyl (C=O) groups is 1. The Kier molecular flexibility index (Phi) is 8.39. The highest BCUT2D eigenvalue weighted by Gasteiger charge is 2.30. The predicted octanol–water partition coefficient (Wildman–Crippen LogP) is 3.68. The minimum absolute atomic E-state index is 0. The maximum absolute atomic E-state index is 12.7. The zero-order valence-electron chi connectivity index (χ0n) is 13.4. The van der Waals surface area contributed by atoms with E-state index >= 15 is 0 Å². The number of likely N-dealkylation sites (tertiary alicyclic amines) is 1. The number of hydrogen-bond donors (Lipinski definition) is 1. The first-order chi connectivity index (χ1) is 10.9. The van der Waals surface area contributed by atoms with E-state index in [2.05, 4.69) is 5.32 Å². The highest BCUT2D eigenvalue weighted by Crippen LogP contribution is 2.32. The molecule has 0 bridgehead atoms. The van der Waals surface area contributed by atoms with Crippen molar-refractivity contribution in [2.45, 2.75) is 23.9 Å². The fourth-order valence-corrected chi connectivity index (χ4v) is 3.53.